The number of nitrogens with zero attached hydrogens (tertiary/aromatic N) is 1. The quantitative estimate of drug-likeness (QED) is 0.650. The second kappa shape index (κ2) is 6.17. The molecule has 0 radical (unpaired) electrons. The van der Waals surface area contributed by atoms with Crippen LogP contribution in [0.2, 0.25) is 0 Å². The van der Waals surface area contributed by atoms with Gasteiger partial charge in [0.2, 0.25) is 0 Å². The summed E-state index contributed by atoms with van der Waals surface area (Å²) in [5.74, 6) is 0. The summed E-state index contributed by atoms with van der Waals surface area (Å²) in [6.07, 6.45) is 5.35. The maximum absolute atomic E-state index is 4.04. The van der Waals surface area contributed by atoms with Crippen molar-refractivity contribution >= 4 is 0 Å². The molecule has 0 amide bonds. The van der Waals surface area contributed by atoms with Gasteiger partial charge in [0.1, 0.15) is 0 Å². The topological polar surface area (TPSA) is 15.3 Å². The molecule has 1 fully saturated rings. The summed E-state index contributed by atoms with van der Waals surface area (Å²) < 4.78 is 0. The van der Waals surface area contributed by atoms with E-state index in [1.54, 1.807) is 0 Å². The molecule has 0 aromatic carbocycles. The zero-order chi connectivity index (χ0) is 9.52. The van der Waals surface area contributed by atoms with Crippen molar-refractivity contribution in [3.8, 4) is 0 Å². The van der Waals surface area contributed by atoms with Crippen LogP contribution in [0.1, 0.15) is 25.7 Å². The SMILES string of the molecule is C=C(CCN1CCCCC1)CNC. The molecule has 0 aromatic rings. The van der Waals surface area contributed by atoms with Crippen LogP contribution in [0.3, 0.4) is 0 Å². The van der Waals surface area contributed by atoms with Crippen LogP contribution in [0.5, 0.6) is 0 Å². The zero-order valence-corrected chi connectivity index (χ0v) is 8.81. The fourth-order valence-corrected chi connectivity index (χ4v) is 1.84. The lowest BCUT2D eigenvalue weighted by Gasteiger charge is -2.26. The third-order valence-corrected chi connectivity index (χ3v) is 2.66. The van der Waals surface area contributed by atoms with Crippen LogP contribution < -0.4 is 5.32 Å². The number of rotatable bonds is 5. The number of likely N-dealkylation sites (tertiary alicyclic amines) is 1. The van der Waals surface area contributed by atoms with E-state index in [2.05, 4.69) is 16.8 Å². The highest BCUT2D eigenvalue weighted by atomic mass is 15.1. The number of hydrogen-bond acceptors (Lipinski definition) is 2. The highest BCUT2D eigenvalue weighted by Gasteiger charge is 2.09. The minimum Gasteiger partial charge on any atom is -0.316 e. The first-order chi connectivity index (χ1) is 6.33. The van der Waals surface area contributed by atoms with Gasteiger partial charge in [0.15, 0.2) is 0 Å². The Morgan fingerprint density at radius 2 is 2.00 bits per heavy atom. The van der Waals surface area contributed by atoms with Gasteiger partial charge in [0, 0.05) is 13.1 Å². The van der Waals surface area contributed by atoms with Crippen molar-refractivity contribution in [2.45, 2.75) is 25.7 Å². The van der Waals surface area contributed by atoms with Crippen LogP contribution in [-0.4, -0.2) is 38.1 Å². The largest absolute Gasteiger partial charge is 0.316 e. The molecule has 2 nitrogen and oxygen atoms in total. The summed E-state index contributed by atoms with van der Waals surface area (Å²) >= 11 is 0. The second-order valence-electron chi connectivity index (χ2n) is 3.93. The molecule has 13 heavy (non-hydrogen) atoms. The molecule has 0 bridgehead atoms. The zero-order valence-electron chi connectivity index (χ0n) is 8.81. The molecule has 76 valence electrons. The normalized spacial score (nSPS) is 18.8. The summed E-state index contributed by atoms with van der Waals surface area (Å²) in [5.41, 5.74) is 1.33. The van der Waals surface area contributed by atoms with Gasteiger partial charge in [-0.15, -0.1) is 0 Å². The van der Waals surface area contributed by atoms with Gasteiger partial charge in [-0.1, -0.05) is 18.6 Å². The molecule has 1 rings (SSSR count). The van der Waals surface area contributed by atoms with Crippen molar-refractivity contribution in [3.63, 3.8) is 0 Å². The molecule has 1 heterocycles. The van der Waals surface area contributed by atoms with Crippen molar-refractivity contribution < 1.29 is 0 Å². The van der Waals surface area contributed by atoms with E-state index >= 15 is 0 Å². The minimum atomic E-state index is 0.966. The summed E-state index contributed by atoms with van der Waals surface area (Å²) in [6.45, 7) is 8.81. The first-order valence-corrected chi connectivity index (χ1v) is 5.36. The second-order valence-corrected chi connectivity index (χ2v) is 3.93. The molecular formula is C11H22N2. The fraction of sp³-hybridized carbons (Fsp3) is 0.818. The molecule has 0 saturated carbocycles. The van der Waals surface area contributed by atoms with Gasteiger partial charge in [-0.3, -0.25) is 0 Å². The number of hydrogen-bond donors (Lipinski definition) is 1. The van der Waals surface area contributed by atoms with Gasteiger partial charge in [-0.25, -0.2) is 0 Å². The van der Waals surface area contributed by atoms with E-state index < -0.39 is 0 Å². The van der Waals surface area contributed by atoms with Crippen LogP contribution in [0.25, 0.3) is 0 Å². The average molecular weight is 182 g/mol. The fourth-order valence-electron chi connectivity index (χ4n) is 1.84. The van der Waals surface area contributed by atoms with Crippen LogP contribution in [0.4, 0.5) is 0 Å². The van der Waals surface area contributed by atoms with Crippen LogP contribution in [0.15, 0.2) is 12.2 Å². The summed E-state index contributed by atoms with van der Waals surface area (Å²) in [5, 5.41) is 3.14. The molecular weight excluding hydrogens is 160 g/mol. The van der Waals surface area contributed by atoms with E-state index in [0.29, 0.717) is 0 Å². The van der Waals surface area contributed by atoms with Crippen LogP contribution in [0, 0.1) is 0 Å². The third-order valence-electron chi connectivity index (χ3n) is 2.66. The van der Waals surface area contributed by atoms with E-state index in [-0.39, 0.29) is 0 Å². The molecule has 2 heteroatoms. The first kappa shape index (κ1) is 10.7. The minimum absolute atomic E-state index is 0.966. The lowest BCUT2D eigenvalue weighted by molar-refractivity contribution is 0.231. The Bertz CT molecular complexity index is 148. The van der Waals surface area contributed by atoms with Gasteiger partial charge < -0.3 is 10.2 Å². The Morgan fingerprint density at radius 3 is 2.62 bits per heavy atom. The maximum atomic E-state index is 4.04. The Labute approximate surface area is 82.0 Å². The van der Waals surface area contributed by atoms with Crippen molar-refractivity contribution in [2.75, 3.05) is 33.2 Å². The first-order valence-electron chi connectivity index (χ1n) is 5.36. The molecule has 1 aliphatic heterocycles. The Balaban J connectivity index is 2.06. The van der Waals surface area contributed by atoms with Crippen molar-refractivity contribution in [3.05, 3.63) is 12.2 Å². The number of likely N-dealkylation sites (N-methyl/N-ethyl adjacent to an activating group) is 1. The van der Waals surface area contributed by atoms with E-state index in [9.17, 15) is 0 Å². The van der Waals surface area contributed by atoms with E-state index in [4.69, 9.17) is 0 Å². The van der Waals surface area contributed by atoms with Crippen LogP contribution in [-0.2, 0) is 0 Å². The van der Waals surface area contributed by atoms with E-state index in [1.165, 1.54) is 44.5 Å². The molecule has 1 N–H and O–H groups in total. The molecule has 0 atom stereocenters. The summed E-state index contributed by atoms with van der Waals surface area (Å²) in [4.78, 5) is 2.56. The standard InChI is InChI=1S/C11H22N2/c1-11(10-12-2)6-9-13-7-4-3-5-8-13/h12H,1,3-10H2,2H3. The summed E-state index contributed by atoms with van der Waals surface area (Å²) in [7, 11) is 1.98. The van der Waals surface area contributed by atoms with E-state index in [0.717, 1.165) is 13.0 Å². The van der Waals surface area contributed by atoms with Gasteiger partial charge in [-0.05, 0) is 39.4 Å². The number of piperidine rings is 1. The monoisotopic (exact) mass is 182 g/mol. The van der Waals surface area contributed by atoms with Crippen molar-refractivity contribution in [1.82, 2.24) is 10.2 Å². The Hall–Kier alpha value is -0.340. The lowest BCUT2D eigenvalue weighted by Crippen LogP contribution is -2.31. The van der Waals surface area contributed by atoms with Crippen molar-refractivity contribution in [2.24, 2.45) is 0 Å². The molecule has 0 unspecified atom stereocenters. The lowest BCUT2D eigenvalue weighted by atomic mass is 10.1. The third kappa shape index (κ3) is 4.44. The highest BCUT2D eigenvalue weighted by Crippen LogP contribution is 2.10. The molecule has 0 aromatic heterocycles. The van der Waals surface area contributed by atoms with E-state index in [1.807, 2.05) is 7.05 Å². The smallest absolute Gasteiger partial charge is 0.0159 e. The molecule has 0 spiro atoms. The number of nitrogens with one attached hydrogen (secondary N) is 1. The Morgan fingerprint density at radius 1 is 1.31 bits per heavy atom. The van der Waals surface area contributed by atoms with Gasteiger partial charge >= 0.3 is 0 Å². The Kier molecular flexibility index (Phi) is 5.09. The van der Waals surface area contributed by atoms with Gasteiger partial charge in [0.25, 0.3) is 0 Å². The highest BCUT2D eigenvalue weighted by molar-refractivity contribution is 4.96. The molecule has 0 aliphatic carbocycles. The predicted molar refractivity (Wildman–Crippen MR) is 58.0 cm³/mol. The van der Waals surface area contributed by atoms with Crippen molar-refractivity contribution in [1.29, 1.82) is 0 Å². The van der Waals surface area contributed by atoms with Gasteiger partial charge in [0.05, 0.1) is 0 Å². The van der Waals surface area contributed by atoms with Gasteiger partial charge in [-0.2, -0.15) is 0 Å². The predicted octanol–water partition coefficient (Wildman–Crippen LogP) is 1.64. The van der Waals surface area contributed by atoms with Crippen LogP contribution >= 0.6 is 0 Å². The average Bonchev–Trinajstić information content (AvgIpc) is 2.17. The molecule has 1 saturated heterocycles. The maximum Gasteiger partial charge on any atom is 0.0159 e. The molecule has 1 aliphatic rings. The summed E-state index contributed by atoms with van der Waals surface area (Å²) in [6, 6.07) is 0.